The Hall–Kier alpha value is -0.710. The summed E-state index contributed by atoms with van der Waals surface area (Å²) in [7, 11) is 4.08. The average Bonchev–Trinajstić information content (AvgIpc) is 2.23. The van der Waals surface area contributed by atoms with E-state index in [4.69, 9.17) is 28.9 Å². The first-order valence-electron chi connectivity index (χ1n) is 5.43. The van der Waals surface area contributed by atoms with E-state index in [0.717, 1.165) is 13.0 Å². The Kier molecular flexibility index (Phi) is 5.31. The lowest BCUT2D eigenvalue weighted by atomic mass is 10.2. The molecule has 6 heteroatoms. The number of halogens is 2. The van der Waals surface area contributed by atoms with E-state index in [1.807, 2.05) is 14.1 Å². The smallest absolute Gasteiger partial charge is 0.147 e. The molecular weight excluding hydrogens is 259 g/mol. The fourth-order valence-corrected chi connectivity index (χ4v) is 1.75. The topological polar surface area (TPSA) is 54.2 Å². The maximum absolute atomic E-state index is 6.03. The van der Waals surface area contributed by atoms with Crippen molar-refractivity contribution in [2.24, 2.45) is 0 Å². The normalized spacial score (nSPS) is 12.8. The number of pyridine rings is 1. The van der Waals surface area contributed by atoms with Crippen molar-refractivity contribution in [1.82, 2.24) is 9.88 Å². The lowest BCUT2D eigenvalue weighted by Gasteiger charge is -2.18. The highest BCUT2D eigenvalue weighted by atomic mass is 35.5. The zero-order chi connectivity index (χ0) is 13.0. The van der Waals surface area contributed by atoms with Crippen LogP contribution in [0, 0.1) is 0 Å². The van der Waals surface area contributed by atoms with Gasteiger partial charge in [-0.05, 0) is 40.1 Å². The van der Waals surface area contributed by atoms with Crippen LogP contribution in [0.4, 0.5) is 11.6 Å². The summed E-state index contributed by atoms with van der Waals surface area (Å²) in [4.78, 5) is 6.26. The molecule has 1 aromatic rings. The zero-order valence-electron chi connectivity index (χ0n) is 10.3. The minimum Gasteiger partial charge on any atom is -0.382 e. The number of rotatable bonds is 5. The largest absolute Gasteiger partial charge is 0.382 e. The first kappa shape index (κ1) is 14.4. The molecule has 1 unspecified atom stereocenters. The molecule has 0 aromatic carbocycles. The van der Waals surface area contributed by atoms with Crippen LogP contribution in [0.25, 0.3) is 0 Å². The van der Waals surface area contributed by atoms with Gasteiger partial charge in [0.1, 0.15) is 11.6 Å². The number of nitrogen functional groups attached to an aromatic ring is 1. The van der Waals surface area contributed by atoms with Gasteiger partial charge in [-0.2, -0.15) is 0 Å². The van der Waals surface area contributed by atoms with Gasteiger partial charge in [-0.15, -0.1) is 0 Å². The standard InChI is InChI=1S/C11H18Cl2N4/c1-7(4-5-17(2)3)15-11-9(13)6-8(12)10(14)16-11/h6-7H,4-5H2,1-3H3,(H3,14,15,16). The maximum atomic E-state index is 6.03. The van der Waals surface area contributed by atoms with Gasteiger partial charge in [-0.3, -0.25) is 0 Å². The number of hydrogen-bond acceptors (Lipinski definition) is 4. The van der Waals surface area contributed by atoms with Crippen LogP contribution in [-0.4, -0.2) is 36.6 Å². The Morgan fingerprint density at radius 2 is 2.06 bits per heavy atom. The molecule has 1 rings (SSSR count). The minimum absolute atomic E-state index is 0.267. The summed E-state index contributed by atoms with van der Waals surface area (Å²) in [6, 6.07) is 1.87. The van der Waals surface area contributed by atoms with E-state index in [-0.39, 0.29) is 6.04 Å². The van der Waals surface area contributed by atoms with Crippen LogP contribution in [0.15, 0.2) is 6.07 Å². The summed E-state index contributed by atoms with van der Waals surface area (Å²) in [5.74, 6) is 0.873. The van der Waals surface area contributed by atoms with Gasteiger partial charge in [-0.1, -0.05) is 23.2 Å². The lowest BCUT2D eigenvalue weighted by Crippen LogP contribution is -2.23. The molecule has 0 aliphatic heterocycles. The second-order valence-corrected chi connectivity index (χ2v) is 5.14. The van der Waals surface area contributed by atoms with Gasteiger partial charge >= 0.3 is 0 Å². The van der Waals surface area contributed by atoms with E-state index in [0.29, 0.717) is 21.7 Å². The molecule has 0 saturated heterocycles. The Morgan fingerprint density at radius 1 is 1.41 bits per heavy atom. The molecule has 0 radical (unpaired) electrons. The first-order valence-corrected chi connectivity index (χ1v) is 6.18. The monoisotopic (exact) mass is 276 g/mol. The van der Waals surface area contributed by atoms with Crippen molar-refractivity contribution in [2.45, 2.75) is 19.4 Å². The summed E-state index contributed by atoms with van der Waals surface area (Å²) in [6.45, 7) is 3.07. The van der Waals surface area contributed by atoms with Crippen molar-refractivity contribution < 1.29 is 0 Å². The van der Waals surface area contributed by atoms with Crippen LogP contribution in [0.3, 0.4) is 0 Å². The fourth-order valence-electron chi connectivity index (χ4n) is 1.34. The van der Waals surface area contributed by atoms with Crippen molar-refractivity contribution in [3.05, 3.63) is 16.1 Å². The molecular formula is C11H18Cl2N4. The SMILES string of the molecule is CC(CCN(C)C)Nc1nc(N)c(Cl)cc1Cl. The number of aromatic nitrogens is 1. The van der Waals surface area contributed by atoms with Crippen LogP contribution >= 0.6 is 23.2 Å². The third-order valence-electron chi connectivity index (χ3n) is 2.35. The van der Waals surface area contributed by atoms with Gasteiger partial charge in [0.2, 0.25) is 0 Å². The Bertz CT molecular complexity index is 382. The van der Waals surface area contributed by atoms with Gasteiger partial charge < -0.3 is 16.0 Å². The molecule has 1 aromatic heterocycles. The van der Waals surface area contributed by atoms with Gasteiger partial charge in [0, 0.05) is 6.04 Å². The Labute approximate surface area is 112 Å². The fraction of sp³-hybridized carbons (Fsp3) is 0.545. The molecule has 0 spiro atoms. The Balaban J connectivity index is 2.65. The predicted octanol–water partition coefficient (Wildman–Crippen LogP) is 2.72. The molecule has 0 amide bonds. The molecule has 0 aliphatic rings. The summed E-state index contributed by atoms with van der Waals surface area (Å²) in [5.41, 5.74) is 5.64. The minimum atomic E-state index is 0.267. The van der Waals surface area contributed by atoms with E-state index < -0.39 is 0 Å². The van der Waals surface area contributed by atoms with Crippen LogP contribution in [0.1, 0.15) is 13.3 Å². The summed E-state index contributed by atoms with van der Waals surface area (Å²) >= 11 is 11.9. The molecule has 96 valence electrons. The van der Waals surface area contributed by atoms with Gasteiger partial charge in [0.15, 0.2) is 0 Å². The van der Waals surface area contributed by atoms with Crippen LogP contribution in [0.2, 0.25) is 10.0 Å². The molecule has 1 heterocycles. The third kappa shape index (κ3) is 4.58. The number of anilines is 2. The third-order valence-corrected chi connectivity index (χ3v) is 2.94. The molecule has 1 atom stereocenters. The number of nitrogens with zero attached hydrogens (tertiary/aromatic N) is 2. The molecule has 0 bridgehead atoms. The van der Waals surface area contributed by atoms with Crippen molar-refractivity contribution in [2.75, 3.05) is 31.7 Å². The summed E-state index contributed by atoms with van der Waals surface area (Å²) in [5, 5.41) is 4.09. The average molecular weight is 277 g/mol. The van der Waals surface area contributed by atoms with Crippen LogP contribution in [-0.2, 0) is 0 Å². The van der Waals surface area contributed by atoms with Gasteiger partial charge in [0.25, 0.3) is 0 Å². The van der Waals surface area contributed by atoms with Crippen LogP contribution in [0.5, 0.6) is 0 Å². The van der Waals surface area contributed by atoms with Crippen molar-refractivity contribution in [3.63, 3.8) is 0 Å². The van der Waals surface area contributed by atoms with E-state index in [2.05, 4.69) is 22.1 Å². The highest BCUT2D eigenvalue weighted by Crippen LogP contribution is 2.27. The number of hydrogen-bond donors (Lipinski definition) is 2. The number of nitrogens with one attached hydrogen (secondary N) is 1. The first-order chi connectivity index (χ1) is 7.90. The summed E-state index contributed by atoms with van der Waals surface area (Å²) in [6.07, 6.45) is 0.994. The lowest BCUT2D eigenvalue weighted by molar-refractivity contribution is 0.390. The molecule has 0 saturated carbocycles. The van der Waals surface area contributed by atoms with Crippen molar-refractivity contribution in [3.8, 4) is 0 Å². The highest BCUT2D eigenvalue weighted by Gasteiger charge is 2.10. The number of nitrogens with two attached hydrogens (primary N) is 1. The van der Waals surface area contributed by atoms with E-state index in [1.165, 1.54) is 0 Å². The maximum Gasteiger partial charge on any atom is 0.147 e. The van der Waals surface area contributed by atoms with Gasteiger partial charge in [0.05, 0.1) is 10.0 Å². The van der Waals surface area contributed by atoms with Crippen molar-refractivity contribution in [1.29, 1.82) is 0 Å². The Morgan fingerprint density at radius 3 is 2.65 bits per heavy atom. The summed E-state index contributed by atoms with van der Waals surface area (Å²) < 4.78 is 0. The van der Waals surface area contributed by atoms with Gasteiger partial charge in [-0.25, -0.2) is 4.98 Å². The quantitative estimate of drug-likeness (QED) is 0.869. The second kappa shape index (κ2) is 6.28. The zero-order valence-corrected chi connectivity index (χ0v) is 11.8. The molecule has 4 nitrogen and oxygen atoms in total. The van der Waals surface area contributed by atoms with E-state index in [1.54, 1.807) is 6.07 Å². The molecule has 3 N–H and O–H groups in total. The van der Waals surface area contributed by atoms with Crippen molar-refractivity contribution >= 4 is 34.8 Å². The molecule has 17 heavy (non-hydrogen) atoms. The van der Waals surface area contributed by atoms with Crippen LogP contribution < -0.4 is 11.1 Å². The highest BCUT2D eigenvalue weighted by molar-refractivity contribution is 6.37. The van der Waals surface area contributed by atoms with E-state index in [9.17, 15) is 0 Å². The molecule has 0 fully saturated rings. The van der Waals surface area contributed by atoms with E-state index >= 15 is 0 Å². The second-order valence-electron chi connectivity index (χ2n) is 4.32. The molecule has 0 aliphatic carbocycles. The predicted molar refractivity (Wildman–Crippen MR) is 74.9 cm³/mol.